The number of nitrogens with zero attached hydrogens (tertiary/aromatic N) is 1. The second kappa shape index (κ2) is 5.61. The highest BCUT2D eigenvalue weighted by Gasteiger charge is 2.35. The lowest BCUT2D eigenvalue weighted by Gasteiger charge is -2.39. The molecule has 1 rings (SSSR count). The van der Waals surface area contributed by atoms with Crippen LogP contribution < -0.4 is 5.32 Å². The van der Waals surface area contributed by atoms with Gasteiger partial charge in [-0.05, 0) is 20.4 Å². The first-order chi connectivity index (χ1) is 7.53. The minimum absolute atomic E-state index is 0.0247. The Morgan fingerprint density at radius 3 is 2.88 bits per heavy atom. The van der Waals surface area contributed by atoms with Gasteiger partial charge in [0.15, 0.2) is 0 Å². The highest BCUT2D eigenvalue weighted by molar-refractivity contribution is 5.85. The molecular weight excluding hydrogens is 208 g/mol. The summed E-state index contributed by atoms with van der Waals surface area (Å²) >= 11 is 0. The Balaban J connectivity index is 2.70. The SMILES string of the molecule is CCNC(C)(C)C(=O)N1CCOCC1CO. The fourth-order valence-corrected chi connectivity index (χ4v) is 1.95. The van der Waals surface area contributed by atoms with Gasteiger partial charge in [-0.1, -0.05) is 6.92 Å². The molecule has 1 aliphatic rings. The topological polar surface area (TPSA) is 61.8 Å². The van der Waals surface area contributed by atoms with Gasteiger partial charge >= 0.3 is 0 Å². The van der Waals surface area contributed by atoms with Crippen molar-refractivity contribution >= 4 is 5.91 Å². The van der Waals surface area contributed by atoms with Crippen LogP contribution in [0, 0.1) is 0 Å². The van der Waals surface area contributed by atoms with Gasteiger partial charge in [-0.15, -0.1) is 0 Å². The predicted molar refractivity (Wildman–Crippen MR) is 61.2 cm³/mol. The van der Waals surface area contributed by atoms with Crippen LogP contribution in [0.25, 0.3) is 0 Å². The summed E-state index contributed by atoms with van der Waals surface area (Å²) in [6.07, 6.45) is 0. The van der Waals surface area contributed by atoms with Crippen molar-refractivity contribution < 1.29 is 14.6 Å². The average molecular weight is 230 g/mol. The molecule has 5 heteroatoms. The molecule has 1 amide bonds. The fourth-order valence-electron chi connectivity index (χ4n) is 1.95. The molecule has 5 nitrogen and oxygen atoms in total. The molecular formula is C11H22N2O3. The number of nitrogens with one attached hydrogen (secondary N) is 1. The van der Waals surface area contributed by atoms with Crippen molar-refractivity contribution in [3.8, 4) is 0 Å². The smallest absolute Gasteiger partial charge is 0.242 e. The Hall–Kier alpha value is -0.650. The van der Waals surface area contributed by atoms with Gasteiger partial charge < -0.3 is 20.1 Å². The lowest BCUT2D eigenvalue weighted by Crippen LogP contribution is -2.60. The molecule has 0 aromatic rings. The van der Waals surface area contributed by atoms with Crippen LogP contribution in [0.1, 0.15) is 20.8 Å². The highest BCUT2D eigenvalue weighted by Crippen LogP contribution is 2.14. The molecule has 0 aromatic heterocycles. The summed E-state index contributed by atoms with van der Waals surface area (Å²) in [6.45, 7) is 7.91. The molecule has 0 spiro atoms. The van der Waals surface area contributed by atoms with Crippen molar-refractivity contribution in [1.82, 2.24) is 10.2 Å². The fraction of sp³-hybridized carbons (Fsp3) is 0.909. The van der Waals surface area contributed by atoms with Crippen LogP contribution in [0.5, 0.6) is 0 Å². The van der Waals surface area contributed by atoms with Crippen LogP contribution in [0.4, 0.5) is 0 Å². The zero-order chi connectivity index (χ0) is 12.2. The van der Waals surface area contributed by atoms with Crippen molar-refractivity contribution in [2.45, 2.75) is 32.4 Å². The molecule has 0 aliphatic carbocycles. The van der Waals surface area contributed by atoms with Crippen LogP contribution in [0.15, 0.2) is 0 Å². The number of aliphatic hydroxyl groups excluding tert-OH is 1. The molecule has 1 unspecified atom stereocenters. The first-order valence-electron chi connectivity index (χ1n) is 5.77. The third kappa shape index (κ3) is 2.93. The van der Waals surface area contributed by atoms with Crippen molar-refractivity contribution in [1.29, 1.82) is 0 Å². The molecule has 0 aromatic carbocycles. The molecule has 0 radical (unpaired) electrons. The zero-order valence-corrected chi connectivity index (χ0v) is 10.3. The molecule has 1 fully saturated rings. The summed E-state index contributed by atoms with van der Waals surface area (Å²) in [5.74, 6) is 0.0247. The monoisotopic (exact) mass is 230 g/mol. The summed E-state index contributed by atoms with van der Waals surface area (Å²) in [6, 6.07) is -0.209. The summed E-state index contributed by atoms with van der Waals surface area (Å²) in [7, 11) is 0. The number of carbonyl (C=O) groups is 1. The van der Waals surface area contributed by atoms with Crippen molar-refractivity contribution in [2.24, 2.45) is 0 Å². The van der Waals surface area contributed by atoms with Gasteiger partial charge in [0.1, 0.15) is 0 Å². The van der Waals surface area contributed by atoms with Gasteiger partial charge in [-0.25, -0.2) is 0 Å². The van der Waals surface area contributed by atoms with E-state index in [4.69, 9.17) is 4.74 Å². The number of hydrogen-bond acceptors (Lipinski definition) is 4. The third-order valence-electron chi connectivity index (χ3n) is 2.85. The van der Waals surface area contributed by atoms with E-state index >= 15 is 0 Å². The maximum absolute atomic E-state index is 12.3. The summed E-state index contributed by atoms with van der Waals surface area (Å²) < 4.78 is 5.25. The first kappa shape index (κ1) is 13.4. The second-order valence-corrected chi connectivity index (χ2v) is 4.57. The van der Waals surface area contributed by atoms with E-state index in [1.807, 2.05) is 20.8 Å². The van der Waals surface area contributed by atoms with Gasteiger partial charge in [-0.3, -0.25) is 4.79 Å². The standard InChI is InChI=1S/C11H22N2O3/c1-4-12-11(2,3)10(15)13-5-6-16-8-9(13)7-14/h9,12,14H,4-8H2,1-3H3. The van der Waals surface area contributed by atoms with E-state index in [9.17, 15) is 9.90 Å². The Labute approximate surface area is 96.8 Å². The van der Waals surface area contributed by atoms with Crippen LogP contribution in [-0.4, -0.2) is 60.4 Å². The number of carbonyl (C=O) groups excluding carboxylic acids is 1. The van der Waals surface area contributed by atoms with Crippen molar-refractivity contribution in [3.63, 3.8) is 0 Å². The molecule has 94 valence electrons. The number of likely N-dealkylation sites (N-methyl/N-ethyl adjacent to an activating group) is 1. The van der Waals surface area contributed by atoms with Crippen molar-refractivity contribution in [3.05, 3.63) is 0 Å². The molecule has 1 saturated heterocycles. The molecule has 1 aliphatic heterocycles. The van der Waals surface area contributed by atoms with Gasteiger partial charge in [0.2, 0.25) is 5.91 Å². The second-order valence-electron chi connectivity index (χ2n) is 4.57. The summed E-state index contributed by atoms with van der Waals surface area (Å²) in [5, 5.41) is 12.4. The predicted octanol–water partition coefficient (Wildman–Crippen LogP) is -0.406. The van der Waals surface area contributed by atoms with Gasteiger partial charge in [0.05, 0.1) is 31.4 Å². The lowest BCUT2D eigenvalue weighted by atomic mass is 10.0. The number of rotatable bonds is 4. The largest absolute Gasteiger partial charge is 0.394 e. The molecule has 0 saturated carbocycles. The van der Waals surface area contributed by atoms with Crippen LogP contribution in [0.2, 0.25) is 0 Å². The molecule has 16 heavy (non-hydrogen) atoms. The third-order valence-corrected chi connectivity index (χ3v) is 2.85. The number of aliphatic hydroxyl groups is 1. The zero-order valence-electron chi connectivity index (χ0n) is 10.3. The van der Waals surface area contributed by atoms with Gasteiger partial charge in [0.25, 0.3) is 0 Å². The maximum atomic E-state index is 12.3. The van der Waals surface area contributed by atoms with E-state index in [1.165, 1.54) is 0 Å². The Morgan fingerprint density at radius 1 is 1.62 bits per heavy atom. The number of hydrogen-bond donors (Lipinski definition) is 2. The van der Waals surface area contributed by atoms with Crippen LogP contribution in [-0.2, 0) is 9.53 Å². The Bertz CT molecular complexity index is 243. The highest BCUT2D eigenvalue weighted by atomic mass is 16.5. The molecule has 0 bridgehead atoms. The average Bonchev–Trinajstić information content (AvgIpc) is 2.28. The van der Waals surface area contributed by atoms with E-state index in [0.717, 1.165) is 6.54 Å². The number of ether oxygens (including phenoxy) is 1. The first-order valence-corrected chi connectivity index (χ1v) is 5.77. The van der Waals surface area contributed by atoms with E-state index < -0.39 is 5.54 Å². The molecule has 1 atom stereocenters. The number of amides is 1. The maximum Gasteiger partial charge on any atom is 0.242 e. The Morgan fingerprint density at radius 2 is 2.31 bits per heavy atom. The Kier molecular flexibility index (Phi) is 4.70. The van der Waals surface area contributed by atoms with Gasteiger partial charge in [-0.2, -0.15) is 0 Å². The number of morpholine rings is 1. The van der Waals surface area contributed by atoms with Crippen molar-refractivity contribution in [2.75, 3.05) is 32.9 Å². The van der Waals surface area contributed by atoms with E-state index in [1.54, 1.807) is 4.90 Å². The minimum Gasteiger partial charge on any atom is -0.394 e. The van der Waals surface area contributed by atoms with Crippen LogP contribution in [0.3, 0.4) is 0 Å². The normalized spacial score (nSPS) is 22.2. The quantitative estimate of drug-likeness (QED) is 0.689. The van der Waals surface area contributed by atoms with E-state index in [0.29, 0.717) is 19.8 Å². The summed E-state index contributed by atoms with van der Waals surface area (Å²) in [4.78, 5) is 14.0. The van der Waals surface area contributed by atoms with E-state index in [2.05, 4.69) is 5.32 Å². The van der Waals surface area contributed by atoms with E-state index in [-0.39, 0.29) is 18.6 Å². The lowest BCUT2D eigenvalue weighted by molar-refractivity contribution is -0.147. The summed E-state index contributed by atoms with van der Waals surface area (Å²) in [5.41, 5.74) is -0.584. The minimum atomic E-state index is -0.584. The molecule has 2 N–H and O–H groups in total. The van der Waals surface area contributed by atoms with Crippen LogP contribution >= 0.6 is 0 Å². The molecule has 1 heterocycles. The van der Waals surface area contributed by atoms with Gasteiger partial charge in [0, 0.05) is 6.54 Å².